The molecule has 0 amide bonds. The Hall–Kier alpha value is -1.33. The molecule has 1 saturated heterocycles. The van der Waals surface area contributed by atoms with Crippen molar-refractivity contribution < 1.29 is 0 Å². The van der Waals surface area contributed by atoms with Gasteiger partial charge in [-0.15, -0.1) is 0 Å². The molecule has 6 heteroatoms. The maximum Gasteiger partial charge on any atom is 0.159 e. The zero-order valence-corrected chi connectivity index (χ0v) is 10.6. The number of anilines is 1. The molecule has 1 fully saturated rings. The summed E-state index contributed by atoms with van der Waals surface area (Å²) in [5.74, 6) is 0.974. The second kappa shape index (κ2) is 3.85. The highest BCUT2D eigenvalue weighted by molar-refractivity contribution is 6.30. The van der Waals surface area contributed by atoms with Crippen molar-refractivity contribution in [3.8, 4) is 0 Å². The minimum Gasteiger partial charge on any atom is -0.351 e. The molecule has 0 unspecified atom stereocenters. The molecule has 1 aliphatic heterocycles. The largest absolute Gasteiger partial charge is 0.351 e. The summed E-state index contributed by atoms with van der Waals surface area (Å²) in [6, 6.07) is 2.42. The van der Waals surface area contributed by atoms with E-state index in [4.69, 9.17) is 11.6 Å². The van der Waals surface area contributed by atoms with E-state index < -0.39 is 0 Å². The second-order valence-corrected chi connectivity index (χ2v) is 5.01. The molecular formula is C11H14ClN5. The monoisotopic (exact) mass is 251 g/mol. The first-order valence-electron chi connectivity index (χ1n) is 5.56. The maximum atomic E-state index is 5.84. The molecule has 2 aromatic rings. The summed E-state index contributed by atoms with van der Waals surface area (Å²) in [5.41, 5.74) is 0.938. The van der Waals surface area contributed by atoms with Crippen molar-refractivity contribution in [1.29, 1.82) is 0 Å². The fourth-order valence-electron chi connectivity index (χ4n) is 2.07. The van der Waals surface area contributed by atoms with E-state index >= 15 is 0 Å². The number of H-pyrrole nitrogens is 1. The molecule has 1 N–H and O–H groups in total. The Balaban J connectivity index is 1.88. The number of pyridine rings is 1. The first-order valence-corrected chi connectivity index (χ1v) is 5.94. The molecule has 0 aromatic carbocycles. The first-order chi connectivity index (χ1) is 8.15. The van der Waals surface area contributed by atoms with E-state index in [2.05, 4.69) is 39.1 Å². The maximum absolute atomic E-state index is 5.84. The van der Waals surface area contributed by atoms with Crippen LogP contribution in [-0.4, -0.2) is 53.3 Å². The average Bonchev–Trinajstić information content (AvgIpc) is 2.58. The molecule has 0 aliphatic carbocycles. The van der Waals surface area contributed by atoms with Crippen molar-refractivity contribution in [3.05, 3.63) is 17.4 Å². The highest BCUT2D eigenvalue weighted by Crippen LogP contribution is 2.28. The second-order valence-electron chi connectivity index (χ2n) is 4.62. The number of aromatic amines is 1. The summed E-state index contributed by atoms with van der Waals surface area (Å²) in [6.07, 6.45) is 1.78. The average molecular weight is 252 g/mol. The van der Waals surface area contributed by atoms with Gasteiger partial charge in [-0.25, -0.2) is 4.98 Å². The van der Waals surface area contributed by atoms with Crippen LogP contribution in [0.4, 0.5) is 5.82 Å². The summed E-state index contributed by atoms with van der Waals surface area (Å²) >= 11 is 5.84. The van der Waals surface area contributed by atoms with Crippen molar-refractivity contribution in [3.63, 3.8) is 0 Å². The van der Waals surface area contributed by atoms with Gasteiger partial charge in [-0.3, -0.25) is 5.10 Å². The van der Waals surface area contributed by atoms with E-state index in [1.165, 1.54) is 0 Å². The molecule has 0 radical (unpaired) electrons. The number of halogens is 1. The molecule has 3 rings (SSSR count). The zero-order valence-electron chi connectivity index (χ0n) is 9.81. The van der Waals surface area contributed by atoms with Crippen molar-refractivity contribution in [2.45, 2.75) is 6.04 Å². The minimum atomic E-state index is 0.488. The van der Waals surface area contributed by atoms with E-state index in [1.807, 2.05) is 0 Å². The normalized spacial score (nSPS) is 16.8. The van der Waals surface area contributed by atoms with Gasteiger partial charge in [0.2, 0.25) is 0 Å². The first kappa shape index (κ1) is 10.8. The summed E-state index contributed by atoms with van der Waals surface area (Å²) in [6.45, 7) is 2.02. The van der Waals surface area contributed by atoms with E-state index in [0.29, 0.717) is 11.2 Å². The lowest BCUT2D eigenvalue weighted by atomic mass is 10.1. The fraction of sp³-hybridized carbons (Fsp3) is 0.455. The Morgan fingerprint density at radius 2 is 2.24 bits per heavy atom. The number of nitrogens with zero attached hydrogens (tertiary/aromatic N) is 4. The predicted octanol–water partition coefficient (Wildman–Crippen LogP) is 1.36. The standard InChI is InChI=1S/C11H14ClN5/c1-16(2)7-5-17(6-7)11-8-4-13-10(12)3-9(8)14-15-11/h3-4,7H,5-6H2,1-2H3,(H,14,15). The third kappa shape index (κ3) is 1.75. The van der Waals surface area contributed by atoms with Gasteiger partial charge < -0.3 is 9.80 Å². The van der Waals surface area contributed by atoms with Gasteiger partial charge in [0.25, 0.3) is 0 Å². The summed E-state index contributed by atoms with van der Waals surface area (Å²) in [5, 5.41) is 8.85. The van der Waals surface area contributed by atoms with Crippen molar-refractivity contribution >= 4 is 28.3 Å². The van der Waals surface area contributed by atoms with Gasteiger partial charge in [-0.1, -0.05) is 11.6 Å². The van der Waals surface area contributed by atoms with Crippen LogP contribution < -0.4 is 4.90 Å². The van der Waals surface area contributed by atoms with Crippen LogP contribution >= 0.6 is 11.6 Å². The van der Waals surface area contributed by atoms with Crippen LogP contribution in [0.3, 0.4) is 0 Å². The Bertz CT molecular complexity index is 544. The third-order valence-electron chi connectivity index (χ3n) is 3.29. The van der Waals surface area contributed by atoms with Crippen molar-refractivity contribution in [2.75, 3.05) is 32.1 Å². The molecule has 5 nitrogen and oxygen atoms in total. The number of fused-ring (bicyclic) bond motifs is 1. The highest BCUT2D eigenvalue weighted by atomic mass is 35.5. The fourth-order valence-corrected chi connectivity index (χ4v) is 2.23. The van der Waals surface area contributed by atoms with Gasteiger partial charge >= 0.3 is 0 Å². The van der Waals surface area contributed by atoms with Crippen LogP contribution in [-0.2, 0) is 0 Å². The van der Waals surface area contributed by atoms with Crippen LogP contribution in [0, 0.1) is 0 Å². The number of nitrogens with one attached hydrogen (secondary N) is 1. The lowest BCUT2D eigenvalue weighted by Gasteiger charge is -2.43. The molecular weight excluding hydrogens is 238 g/mol. The van der Waals surface area contributed by atoms with Crippen LogP contribution in [0.15, 0.2) is 12.3 Å². The molecule has 0 saturated carbocycles. The van der Waals surface area contributed by atoms with Gasteiger partial charge in [0.15, 0.2) is 5.82 Å². The summed E-state index contributed by atoms with van der Waals surface area (Å²) < 4.78 is 0. The number of hydrogen-bond acceptors (Lipinski definition) is 4. The van der Waals surface area contributed by atoms with Crippen LogP contribution in [0.25, 0.3) is 10.9 Å². The Kier molecular flexibility index (Phi) is 2.45. The molecule has 90 valence electrons. The van der Waals surface area contributed by atoms with Crippen LogP contribution in [0.1, 0.15) is 0 Å². The molecule has 0 spiro atoms. The Morgan fingerprint density at radius 1 is 1.47 bits per heavy atom. The number of rotatable bonds is 2. The van der Waals surface area contributed by atoms with Gasteiger partial charge in [0.05, 0.1) is 10.9 Å². The lowest BCUT2D eigenvalue weighted by Crippen LogP contribution is -2.57. The predicted molar refractivity (Wildman–Crippen MR) is 68.6 cm³/mol. The third-order valence-corrected chi connectivity index (χ3v) is 3.49. The van der Waals surface area contributed by atoms with Gasteiger partial charge in [0, 0.05) is 31.4 Å². The van der Waals surface area contributed by atoms with E-state index in [1.54, 1.807) is 12.3 Å². The molecule has 3 heterocycles. The van der Waals surface area contributed by atoms with Crippen LogP contribution in [0.5, 0.6) is 0 Å². The summed E-state index contributed by atoms with van der Waals surface area (Å²) in [7, 11) is 4.21. The number of hydrogen-bond donors (Lipinski definition) is 1. The van der Waals surface area contributed by atoms with E-state index in [9.17, 15) is 0 Å². The van der Waals surface area contributed by atoms with Crippen molar-refractivity contribution in [2.24, 2.45) is 0 Å². The zero-order chi connectivity index (χ0) is 12.0. The molecule has 0 atom stereocenters. The quantitative estimate of drug-likeness (QED) is 0.819. The lowest BCUT2D eigenvalue weighted by molar-refractivity contribution is 0.246. The van der Waals surface area contributed by atoms with Crippen molar-refractivity contribution in [1.82, 2.24) is 20.1 Å². The van der Waals surface area contributed by atoms with Gasteiger partial charge in [-0.05, 0) is 14.1 Å². The Labute approximate surface area is 104 Å². The SMILES string of the molecule is CN(C)C1CN(c2n[nH]c3cc(Cl)ncc23)C1. The van der Waals surface area contributed by atoms with E-state index in [-0.39, 0.29) is 0 Å². The highest BCUT2D eigenvalue weighted by Gasteiger charge is 2.30. The summed E-state index contributed by atoms with van der Waals surface area (Å²) in [4.78, 5) is 8.59. The topological polar surface area (TPSA) is 48.0 Å². The Morgan fingerprint density at radius 3 is 2.94 bits per heavy atom. The number of aromatic nitrogens is 3. The molecule has 2 aromatic heterocycles. The van der Waals surface area contributed by atoms with Crippen LogP contribution in [0.2, 0.25) is 5.15 Å². The number of likely N-dealkylation sites (N-methyl/N-ethyl adjacent to an activating group) is 1. The van der Waals surface area contributed by atoms with Gasteiger partial charge in [-0.2, -0.15) is 5.10 Å². The molecule has 1 aliphatic rings. The molecule has 17 heavy (non-hydrogen) atoms. The smallest absolute Gasteiger partial charge is 0.159 e. The van der Waals surface area contributed by atoms with E-state index in [0.717, 1.165) is 29.8 Å². The minimum absolute atomic E-state index is 0.488. The van der Waals surface area contributed by atoms with Gasteiger partial charge in [0.1, 0.15) is 5.15 Å². The molecule has 0 bridgehead atoms.